The molecular formula is C21H14F4N2O4. The minimum atomic E-state index is -4.66. The number of benzene rings is 3. The predicted octanol–water partition coefficient (Wildman–Crippen LogP) is 6.01. The minimum Gasteiger partial charge on any atom is -0.457 e. The Morgan fingerprint density at radius 3 is 2.32 bits per heavy atom. The first-order valence-electron chi connectivity index (χ1n) is 8.90. The third kappa shape index (κ3) is 4.80. The second-order valence-electron chi connectivity index (χ2n) is 6.41. The first-order valence-corrected chi connectivity index (χ1v) is 8.90. The van der Waals surface area contributed by atoms with Crippen molar-refractivity contribution in [3.05, 3.63) is 72.0 Å². The van der Waals surface area contributed by atoms with E-state index in [1.54, 1.807) is 30.3 Å². The highest BCUT2D eigenvalue weighted by Crippen LogP contribution is 2.36. The second-order valence-corrected chi connectivity index (χ2v) is 6.41. The van der Waals surface area contributed by atoms with E-state index < -0.39 is 29.3 Å². The lowest BCUT2D eigenvalue weighted by Crippen LogP contribution is -2.20. The van der Waals surface area contributed by atoms with Crippen molar-refractivity contribution in [3.63, 3.8) is 0 Å². The highest BCUT2D eigenvalue weighted by atomic mass is 19.4. The van der Waals surface area contributed by atoms with Gasteiger partial charge in [-0.3, -0.25) is 0 Å². The smallest absolute Gasteiger partial charge is 0.416 e. The molecule has 2 amide bonds. The molecule has 0 unspecified atom stereocenters. The van der Waals surface area contributed by atoms with E-state index in [-0.39, 0.29) is 6.79 Å². The SMILES string of the molecule is O=C(Nc1ccc(Oc2ccc3c(c2)OCO3)cc1)Nc1cc(C(F)(F)F)ccc1F. The van der Waals surface area contributed by atoms with Gasteiger partial charge in [-0.1, -0.05) is 0 Å². The zero-order valence-electron chi connectivity index (χ0n) is 15.6. The molecule has 0 saturated heterocycles. The van der Waals surface area contributed by atoms with Crippen LogP contribution in [0, 0.1) is 5.82 Å². The van der Waals surface area contributed by atoms with Gasteiger partial charge >= 0.3 is 12.2 Å². The van der Waals surface area contributed by atoms with Crippen LogP contribution in [0.3, 0.4) is 0 Å². The number of nitrogens with one attached hydrogen (secondary N) is 2. The molecule has 4 rings (SSSR count). The fourth-order valence-electron chi connectivity index (χ4n) is 2.76. The summed E-state index contributed by atoms with van der Waals surface area (Å²) < 4.78 is 68.3. The molecular weight excluding hydrogens is 420 g/mol. The molecule has 0 aliphatic carbocycles. The number of alkyl halides is 3. The van der Waals surface area contributed by atoms with Gasteiger partial charge in [0.25, 0.3) is 0 Å². The zero-order chi connectivity index (χ0) is 22.0. The van der Waals surface area contributed by atoms with Gasteiger partial charge in [-0.25, -0.2) is 9.18 Å². The summed E-state index contributed by atoms with van der Waals surface area (Å²) in [6.45, 7) is 0.144. The monoisotopic (exact) mass is 434 g/mol. The largest absolute Gasteiger partial charge is 0.457 e. The topological polar surface area (TPSA) is 68.8 Å². The Hall–Kier alpha value is -3.95. The fourth-order valence-corrected chi connectivity index (χ4v) is 2.76. The van der Waals surface area contributed by atoms with Crippen LogP contribution in [0.2, 0.25) is 0 Å². The second kappa shape index (κ2) is 8.05. The molecule has 0 radical (unpaired) electrons. The van der Waals surface area contributed by atoms with Crippen molar-refractivity contribution in [2.45, 2.75) is 6.18 Å². The van der Waals surface area contributed by atoms with E-state index in [0.29, 0.717) is 46.9 Å². The van der Waals surface area contributed by atoms with Gasteiger partial charge in [-0.15, -0.1) is 0 Å². The van der Waals surface area contributed by atoms with Crippen LogP contribution in [-0.4, -0.2) is 12.8 Å². The number of urea groups is 1. The molecule has 3 aromatic carbocycles. The molecule has 0 spiro atoms. The van der Waals surface area contributed by atoms with Crippen LogP contribution in [-0.2, 0) is 6.18 Å². The molecule has 0 aromatic heterocycles. The molecule has 1 heterocycles. The third-order valence-corrected chi connectivity index (χ3v) is 4.23. The predicted molar refractivity (Wildman–Crippen MR) is 103 cm³/mol. The molecule has 3 aromatic rings. The Morgan fingerprint density at radius 2 is 1.58 bits per heavy atom. The molecule has 6 nitrogen and oxygen atoms in total. The Labute approximate surface area is 173 Å². The molecule has 1 aliphatic heterocycles. The van der Waals surface area contributed by atoms with Crippen molar-refractivity contribution in [1.82, 2.24) is 0 Å². The number of carbonyl (C=O) groups is 1. The summed E-state index contributed by atoms with van der Waals surface area (Å²) >= 11 is 0. The lowest BCUT2D eigenvalue weighted by Gasteiger charge is -2.12. The number of fused-ring (bicyclic) bond motifs is 1. The normalized spacial score (nSPS) is 12.4. The summed E-state index contributed by atoms with van der Waals surface area (Å²) in [6, 6.07) is 12.1. The molecule has 0 saturated carbocycles. The number of hydrogen-bond donors (Lipinski definition) is 2. The van der Waals surface area contributed by atoms with Crippen LogP contribution in [0.1, 0.15) is 5.56 Å². The van der Waals surface area contributed by atoms with Crippen molar-refractivity contribution < 1.29 is 36.6 Å². The van der Waals surface area contributed by atoms with Crippen molar-refractivity contribution in [1.29, 1.82) is 0 Å². The highest BCUT2D eigenvalue weighted by Gasteiger charge is 2.31. The maximum Gasteiger partial charge on any atom is 0.416 e. The van der Waals surface area contributed by atoms with Crippen molar-refractivity contribution in [2.24, 2.45) is 0 Å². The van der Waals surface area contributed by atoms with Crippen LogP contribution in [0.25, 0.3) is 0 Å². The van der Waals surface area contributed by atoms with Gasteiger partial charge in [0.05, 0.1) is 11.3 Å². The fraction of sp³-hybridized carbons (Fsp3) is 0.0952. The van der Waals surface area contributed by atoms with Gasteiger partial charge in [0.1, 0.15) is 17.3 Å². The molecule has 160 valence electrons. The molecule has 0 fully saturated rings. The molecule has 1 aliphatic rings. The highest BCUT2D eigenvalue weighted by molar-refractivity contribution is 5.99. The van der Waals surface area contributed by atoms with Crippen molar-refractivity contribution in [2.75, 3.05) is 17.4 Å². The lowest BCUT2D eigenvalue weighted by molar-refractivity contribution is -0.137. The summed E-state index contributed by atoms with van der Waals surface area (Å²) in [4.78, 5) is 12.1. The maximum absolute atomic E-state index is 13.8. The first kappa shape index (κ1) is 20.3. The van der Waals surface area contributed by atoms with Gasteiger partial charge < -0.3 is 24.8 Å². The number of halogens is 4. The maximum atomic E-state index is 13.8. The summed E-state index contributed by atoms with van der Waals surface area (Å²) in [7, 11) is 0. The Balaban J connectivity index is 1.38. The minimum absolute atomic E-state index is 0.144. The van der Waals surface area contributed by atoms with E-state index in [0.717, 1.165) is 0 Å². The number of anilines is 2. The van der Waals surface area contributed by atoms with E-state index in [1.165, 1.54) is 12.1 Å². The average molecular weight is 434 g/mol. The summed E-state index contributed by atoms with van der Waals surface area (Å²) in [6.07, 6.45) is -4.66. The van der Waals surface area contributed by atoms with E-state index in [1.807, 2.05) is 0 Å². The van der Waals surface area contributed by atoms with Crippen LogP contribution in [0.5, 0.6) is 23.0 Å². The van der Waals surface area contributed by atoms with Gasteiger partial charge in [-0.2, -0.15) is 13.2 Å². The average Bonchev–Trinajstić information content (AvgIpc) is 3.18. The number of hydrogen-bond acceptors (Lipinski definition) is 4. The van der Waals surface area contributed by atoms with E-state index in [2.05, 4.69) is 10.6 Å². The van der Waals surface area contributed by atoms with E-state index in [4.69, 9.17) is 14.2 Å². The Kier molecular flexibility index (Phi) is 5.28. The third-order valence-electron chi connectivity index (χ3n) is 4.23. The molecule has 0 atom stereocenters. The first-order chi connectivity index (χ1) is 14.8. The lowest BCUT2D eigenvalue weighted by atomic mass is 10.2. The quantitative estimate of drug-likeness (QED) is 0.494. The number of amides is 2. The standard InChI is InChI=1S/C21H14F4N2O4/c22-16-7-1-12(21(23,24)25)9-17(16)27-20(28)26-13-2-4-14(5-3-13)31-15-6-8-18-19(10-15)30-11-29-18/h1-10H,11H2,(H2,26,27,28). The van der Waals surface area contributed by atoms with Crippen LogP contribution >= 0.6 is 0 Å². The number of carbonyl (C=O) groups excluding carboxylic acids is 1. The molecule has 10 heteroatoms. The summed E-state index contributed by atoms with van der Waals surface area (Å²) in [5, 5.41) is 4.48. The van der Waals surface area contributed by atoms with Crippen LogP contribution in [0.4, 0.5) is 33.7 Å². The van der Waals surface area contributed by atoms with Crippen LogP contribution < -0.4 is 24.8 Å². The van der Waals surface area contributed by atoms with E-state index >= 15 is 0 Å². The number of ether oxygens (including phenoxy) is 3. The van der Waals surface area contributed by atoms with Gasteiger partial charge in [0.2, 0.25) is 6.79 Å². The molecule has 31 heavy (non-hydrogen) atoms. The summed E-state index contributed by atoms with van der Waals surface area (Å²) in [5.41, 5.74) is -1.34. The van der Waals surface area contributed by atoms with Gasteiger partial charge in [0.15, 0.2) is 11.5 Å². The van der Waals surface area contributed by atoms with Gasteiger partial charge in [-0.05, 0) is 54.6 Å². The Morgan fingerprint density at radius 1 is 0.871 bits per heavy atom. The summed E-state index contributed by atoms with van der Waals surface area (Å²) in [5.74, 6) is 1.18. The van der Waals surface area contributed by atoms with Crippen molar-refractivity contribution in [3.8, 4) is 23.0 Å². The zero-order valence-corrected chi connectivity index (χ0v) is 15.6. The number of rotatable bonds is 4. The Bertz CT molecular complexity index is 1120. The van der Waals surface area contributed by atoms with E-state index in [9.17, 15) is 22.4 Å². The van der Waals surface area contributed by atoms with Crippen molar-refractivity contribution >= 4 is 17.4 Å². The molecule has 2 N–H and O–H groups in total. The molecule has 0 bridgehead atoms. The van der Waals surface area contributed by atoms with Crippen LogP contribution in [0.15, 0.2) is 60.7 Å². The van der Waals surface area contributed by atoms with Gasteiger partial charge in [0, 0.05) is 11.8 Å².